The van der Waals surface area contributed by atoms with Crippen molar-refractivity contribution in [3.63, 3.8) is 0 Å². The molecule has 0 bridgehead atoms. The summed E-state index contributed by atoms with van der Waals surface area (Å²) in [5.41, 5.74) is 1.63. The highest BCUT2D eigenvalue weighted by Crippen LogP contribution is 2.16. The quantitative estimate of drug-likeness (QED) is 0.892. The number of H-pyrrole nitrogens is 1. The Bertz CT molecular complexity index is 413. The molecule has 2 rings (SSSR count). The molecule has 2 aromatic heterocycles. The third-order valence-corrected chi connectivity index (χ3v) is 2.56. The molecule has 0 aliphatic heterocycles. The summed E-state index contributed by atoms with van der Waals surface area (Å²) < 4.78 is 0.934. The first-order valence-corrected chi connectivity index (χ1v) is 5.32. The van der Waals surface area contributed by atoms with E-state index in [2.05, 4.69) is 31.1 Å². The van der Waals surface area contributed by atoms with Crippen LogP contribution in [0, 0.1) is 0 Å². The third-order valence-electron chi connectivity index (χ3n) is 2.10. The topological polar surface area (TPSA) is 61.8 Å². The minimum absolute atomic E-state index is 0.493. The molecule has 2 N–H and O–H groups in total. The maximum Gasteiger partial charge on any atom is 0.0875 e. The number of pyridine rings is 1. The Morgan fingerprint density at radius 3 is 2.87 bits per heavy atom. The van der Waals surface area contributed by atoms with Crippen LogP contribution in [0.1, 0.15) is 17.4 Å². The first-order valence-electron chi connectivity index (χ1n) is 4.53. The van der Waals surface area contributed by atoms with Gasteiger partial charge in [-0.05, 0) is 28.1 Å². The Hall–Kier alpha value is -1.20. The van der Waals surface area contributed by atoms with E-state index in [0.717, 1.165) is 15.7 Å². The van der Waals surface area contributed by atoms with Crippen molar-refractivity contribution in [1.29, 1.82) is 0 Å². The largest absolute Gasteiger partial charge is 0.388 e. The van der Waals surface area contributed by atoms with Crippen molar-refractivity contribution in [3.8, 4) is 0 Å². The summed E-state index contributed by atoms with van der Waals surface area (Å²) in [6, 6.07) is 3.79. The molecule has 0 spiro atoms. The number of nitrogens with one attached hydrogen (secondary N) is 1. The van der Waals surface area contributed by atoms with E-state index < -0.39 is 6.10 Å². The van der Waals surface area contributed by atoms with Gasteiger partial charge in [0.1, 0.15) is 0 Å². The van der Waals surface area contributed by atoms with Crippen LogP contribution in [0.25, 0.3) is 0 Å². The maximum atomic E-state index is 9.82. The molecule has 0 fully saturated rings. The molecule has 0 amide bonds. The lowest BCUT2D eigenvalue weighted by atomic mass is 10.1. The van der Waals surface area contributed by atoms with Gasteiger partial charge in [-0.15, -0.1) is 0 Å². The number of aliphatic hydroxyl groups is 1. The summed E-state index contributed by atoms with van der Waals surface area (Å²) in [4.78, 5) is 4.19. The van der Waals surface area contributed by atoms with Crippen LogP contribution in [0.3, 0.4) is 0 Å². The van der Waals surface area contributed by atoms with Gasteiger partial charge in [-0.3, -0.25) is 10.1 Å². The van der Waals surface area contributed by atoms with E-state index in [1.54, 1.807) is 18.6 Å². The highest BCUT2D eigenvalue weighted by molar-refractivity contribution is 9.10. The fourth-order valence-corrected chi connectivity index (χ4v) is 1.52. The molecular weight excluding hydrogens is 258 g/mol. The van der Waals surface area contributed by atoms with Crippen LogP contribution >= 0.6 is 15.9 Å². The van der Waals surface area contributed by atoms with Gasteiger partial charge < -0.3 is 5.11 Å². The lowest BCUT2D eigenvalue weighted by molar-refractivity contribution is 0.177. The van der Waals surface area contributed by atoms with Crippen LogP contribution in [-0.2, 0) is 6.42 Å². The van der Waals surface area contributed by atoms with Crippen LogP contribution in [0.15, 0.2) is 35.2 Å². The number of aromatic amines is 1. The lowest BCUT2D eigenvalue weighted by Crippen LogP contribution is -2.02. The molecule has 0 saturated heterocycles. The second kappa shape index (κ2) is 4.55. The van der Waals surface area contributed by atoms with E-state index in [1.807, 2.05) is 12.1 Å². The number of halogens is 1. The first-order chi connectivity index (χ1) is 7.25. The van der Waals surface area contributed by atoms with E-state index in [-0.39, 0.29) is 0 Å². The molecule has 2 heterocycles. The van der Waals surface area contributed by atoms with E-state index in [9.17, 15) is 5.11 Å². The zero-order valence-corrected chi connectivity index (χ0v) is 9.48. The Kier molecular flexibility index (Phi) is 3.13. The lowest BCUT2D eigenvalue weighted by Gasteiger charge is -2.07. The van der Waals surface area contributed by atoms with Gasteiger partial charge in [0.05, 0.1) is 12.3 Å². The highest BCUT2D eigenvalue weighted by Gasteiger charge is 2.09. The summed E-state index contributed by atoms with van der Waals surface area (Å²) in [5.74, 6) is 0. The summed E-state index contributed by atoms with van der Waals surface area (Å²) in [7, 11) is 0. The predicted molar refractivity (Wildman–Crippen MR) is 59.2 cm³/mol. The van der Waals surface area contributed by atoms with Crippen molar-refractivity contribution in [2.75, 3.05) is 0 Å². The number of aliphatic hydroxyl groups excluding tert-OH is 1. The van der Waals surface area contributed by atoms with Gasteiger partial charge in [-0.25, -0.2) is 0 Å². The van der Waals surface area contributed by atoms with Gasteiger partial charge in [-0.1, -0.05) is 0 Å². The second-order valence-corrected chi connectivity index (χ2v) is 4.13. The maximum absolute atomic E-state index is 9.82. The molecule has 5 heteroatoms. The zero-order chi connectivity index (χ0) is 10.7. The van der Waals surface area contributed by atoms with Gasteiger partial charge in [0.25, 0.3) is 0 Å². The summed E-state index contributed by atoms with van der Waals surface area (Å²) in [6.07, 6.45) is 4.95. The molecular formula is C10H10BrN3O. The van der Waals surface area contributed by atoms with Crippen molar-refractivity contribution in [1.82, 2.24) is 15.2 Å². The average molecular weight is 268 g/mol. The van der Waals surface area contributed by atoms with Gasteiger partial charge in [0.2, 0.25) is 0 Å². The number of nitrogens with zero attached hydrogens (tertiary/aromatic N) is 2. The van der Waals surface area contributed by atoms with Gasteiger partial charge in [-0.2, -0.15) is 5.10 Å². The Labute approximate surface area is 95.5 Å². The molecule has 0 saturated carbocycles. The van der Waals surface area contributed by atoms with E-state index >= 15 is 0 Å². The van der Waals surface area contributed by atoms with Crippen molar-refractivity contribution in [2.24, 2.45) is 0 Å². The van der Waals surface area contributed by atoms with Crippen molar-refractivity contribution in [2.45, 2.75) is 12.5 Å². The van der Waals surface area contributed by atoms with Crippen LogP contribution in [0.5, 0.6) is 0 Å². The first kappa shape index (κ1) is 10.3. The molecule has 0 aromatic carbocycles. The standard InChI is InChI=1S/C10H10BrN3O/c11-8-1-2-9(12-6-8)3-10(15)7-4-13-14-5-7/h1-2,4-6,10,15H,3H2,(H,13,14). The second-order valence-electron chi connectivity index (χ2n) is 3.22. The average Bonchev–Trinajstić information content (AvgIpc) is 2.74. The fraction of sp³-hybridized carbons (Fsp3) is 0.200. The Morgan fingerprint density at radius 2 is 2.27 bits per heavy atom. The number of hydrogen-bond donors (Lipinski definition) is 2. The normalized spacial score (nSPS) is 12.7. The van der Waals surface area contributed by atoms with Crippen LogP contribution in [0.2, 0.25) is 0 Å². The molecule has 0 aliphatic carbocycles. The fourth-order valence-electron chi connectivity index (χ4n) is 1.29. The SMILES string of the molecule is OC(Cc1ccc(Br)cn1)c1cn[nH]c1. The van der Waals surface area contributed by atoms with Crippen molar-refractivity contribution < 1.29 is 5.11 Å². The van der Waals surface area contributed by atoms with Crippen molar-refractivity contribution in [3.05, 3.63) is 46.5 Å². The highest BCUT2D eigenvalue weighted by atomic mass is 79.9. The molecule has 1 unspecified atom stereocenters. The molecule has 78 valence electrons. The smallest absolute Gasteiger partial charge is 0.0875 e. The molecule has 1 atom stereocenters. The Balaban J connectivity index is 2.06. The minimum Gasteiger partial charge on any atom is -0.388 e. The van der Waals surface area contributed by atoms with Gasteiger partial charge >= 0.3 is 0 Å². The van der Waals surface area contributed by atoms with Crippen LogP contribution in [0.4, 0.5) is 0 Å². The molecule has 4 nitrogen and oxygen atoms in total. The molecule has 15 heavy (non-hydrogen) atoms. The third kappa shape index (κ3) is 2.64. The van der Waals surface area contributed by atoms with Crippen LogP contribution < -0.4 is 0 Å². The number of rotatable bonds is 3. The van der Waals surface area contributed by atoms with Crippen molar-refractivity contribution >= 4 is 15.9 Å². The van der Waals surface area contributed by atoms with E-state index in [0.29, 0.717) is 6.42 Å². The summed E-state index contributed by atoms with van der Waals surface area (Å²) >= 11 is 3.31. The molecule has 0 radical (unpaired) electrons. The Morgan fingerprint density at radius 1 is 1.40 bits per heavy atom. The summed E-state index contributed by atoms with van der Waals surface area (Å²) in [5, 5.41) is 16.3. The number of hydrogen-bond acceptors (Lipinski definition) is 3. The van der Waals surface area contributed by atoms with E-state index in [4.69, 9.17) is 0 Å². The zero-order valence-electron chi connectivity index (χ0n) is 7.89. The molecule has 0 aliphatic rings. The van der Waals surface area contributed by atoms with Crippen LogP contribution in [-0.4, -0.2) is 20.3 Å². The minimum atomic E-state index is -0.558. The molecule has 2 aromatic rings. The monoisotopic (exact) mass is 267 g/mol. The summed E-state index contributed by atoms with van der Waals surface area (Å²) in [6.45, 7) is 0. The predicted octanol–water partition coefficient (Wildman–Crippen LogP) is 1.84. The number of aromatic nitrogens is 3. The van der Waals surface area contributed by atoms with Gasteiger partial charge in [0, 0.05) is 34.5 Å². The van der Waals surface area contributed by atoms with E-state index in [1.165, 1.54) is 0 Å². The van der Waals surface area contributed by atoms with Gasteiger partial charge in [0.15, 0.2) is 0 Å².